The standard InChI is InChI=1S/C26H44N2O2/c1-25(30)10-8-19-18(16-25)4-5-21-20(19)9-11-26(2)22(21)6-7-23(26)24(29)17-28-14-12-27(3)13-15-28/h18-23,30H,4-17H2,1-3H3. The van der Waals surface area contributed by atoms with Crippen LogP contribution in [0.4, 0.5) is 0 Å². The lowest BCUT2D eigenvalue weighted by atomic mass is 9.49. The Kier molecular flexibility index (Phi) is 5.60. The van der Waals surface area contributed by atoms with Crippen molar-refractivity contribution in [1.82, 2.24) is 9.80 Å². The number of piperazine rings is 1. The van der Waals surface area contributed by atoms with Gasteiger partial charge in [-0.1, -0.05) is 6.92 Å². The third kappa shape index (κ3) is 3.69. The molecule has 4 heteroatoms. The summed E-state index contributed by atoms with van der Waals surface area (Å²) in [5, 5.41) is 10.6. The maximum absolute atomic E-state index is 13.4. The van der Waals surface area contributed by atoms with Crippen molar-refractivity contribution in [1.29, 1.82) is 0 Å². The quantitative estimate of drug-likeness (QED) is 0.760. The van der Waals surface area contributed by atoms with Crippen molar-refractivity contribution in [2.24, 2.45) is 40.9 Å². The summed E-state index contributed by atoms with van der Waals surface area (Å²) in [6.07, 6.45) is 10.9. The second kappa shape index (κ2) is 7.85. The average molecular weight is 417 g/mol. The van der Waals surface area contributed by atoms with E-state index in [0.717, 1.165) is 75.0 Å². The minimum Gasteiger partial charge on any atom is -0.390 e. The highest BCUT2D eigenvalue weighted by atomic mass is 16.3. The summed E-state index contributed by atoms with van der Waals surface area (Å²) < 4.78 is 0. The molecule has 1 heterocycles. The monoisotopic (exact) mass is 416 g/mol. The number of rotatable bonds is 3. The van der Waals surface area contributed by atoms with Crippen LogP contribution in [0.5, 0.6) is 0 Å². The second-order valence-electron chi connectivity index (χ2n) is 12.4. The summed E-state index contributed by atoms with van der Waals surface area (Å²) >= 11 is 0. The van der Waals surface area contributed by atoms with Gasteiger partial charge >= 0.3 is 0 Å². The zero-order valence-corrected chi connectivity index (χ0v) is 19.6. The highest BCUT2D eigenvalue weighted by Crippen LogP contribution is 2.64. The Hall–Kier alpha value is -0.450. The van der Waals surface area contributed by atoms with Crippen LogP contribution in [0, 0.1) is 40.9 Å². The van der Waals surface area contributed by atoms with E-state index in [0.29, 0.717) is 18.2 Å². The van der Waals surface area contributed by atoms with Gasteiger partial charge in [-0.2, -0.15) is 0 Å². The Morgan fingerprint density at radius 3 is 2.40 bits per heavy atom. The van der Waals surface area contributed by atoms with Crippen molar-refractivity contribution >= 4 is 5.78 Å². The summed E-state index contributed by atoms with van der Waals surface area (Å²) in [7, 11) is 2.18. The molecule has 5 fully saturated rings. The number of fused-ring (bicyclic) bond motifs is 5. The molecule has 30 heavy (non-hydrogen) atoms. The number of ketones is 1. The SMILES string of the molecule is CN1CCN(CC(=O)C2CCC3C4CCC5CC(C)(O)CCC5C4CCC23C)CC1. The fourth-order valence-corrected chi connectivity index (χ4v) is 8.95. The fourth-order valence-electron chi connectivity index (χ4n) is 8.95. The number of hydrogen-bond donors (Lipinski definition) is 1. The van der Waals surface area contributed by atoms with E-state index in [9.17, 15) is 9.90 Å². The van der Waals surface area contributed by atoms with Gasteiger partial charge in [0.15, 0.2) is 0 Å². The minimum atomic E-state index is -0.425. The average Bonchev–Trinajstić information content (AvgIpc) is 3.06. The Bertz CT molecular complexity index is 655. The van der Waals surface area contributed by atoms with Crippen LogP contribution in [0.1, 0.15) is 71.6 Å². The summed E-state index contributed by atoms with van der Waals surface area (Å²) in [6, 6.07) is 0. The summed E-state index contributed by atoms with van der Waals surface area (Å²) in [5.41, 5.74) is -0.177. The molecule has 1 N–H and O–H groups in total. The van der Waals surface area contributed by atoms with Gasteiger partial charge in [0.1, 0.15) is 5.78 Å². The molecule has 0 bridgehead atoms. The van der Waals surface area contributed by atoms with Gasteiger partial charge in [-0.15, -0.1) is 0 Å². The van der Waals surface area contributed by atoms with Gasteiger partial charge in [0.2, 0.25) is 0 Å². The van der Waals surface area contributed by atoms with Crippen molar-refractivity contribution in [2.75, 3.05) is 39.8 Å². The number of Topliss-reactive ketones (excluding diaryl/α,β-unsaturated/α-hetero) is 1. The van der Waals surface area contributed by atoms with Crippen LogP contribution in [-0.2, 0) is 4.79 Å². The number of likely N-dealkylation sites (N-methyl/N-ethyl adjacent to an activating group) is 1. The van der Waals surface area contributed by atoms with Crippen LogP contribution < -0.4 is 0 Å². The molecular formula is C26H44N2O2. The molecule has 8 atom stereocenters. The fraction of sp³-hybridized carbons (Fsp3) is 0.962. The number of hydrogen-bond acceptors (Lipinski definition) is 4. The smallest absolute Gasteiger partial charge is 0.150 e. The van der Waals surface area contributed by atoms with E-state index in [1.807, 2.05) is 0 Å². The summed E-state index contributed by atoms with van der Waals surface area (Å²) in [4.78, 5) is 18.2. The molecule has 8 unspecified atom stereocenters. The van der Waals surface area contributed by atoms with E-state index < -0.39 is 5.60 Å². The van der Waals surface area contributed by atoms with Gasteiger partial charge < -0.3 is 10.0 Å². The molecular weight excluding hydrogens is 372 g/mol. The molecule has 4 aliphatic carbocycles. The molecule has 170 valence electrons. The normalized spacial score (nSPS) is 49.9. The zero-order valence-electron chi connectivity index (χ0n) is 19.6. The third-order valence-corrected chi connectivity index (χ3v) is 10.6. The van der Waals surface area contributed by atoms with Crippen LogP contribution in [-0.4, -0.2) is 66.1 Å². The predicted octanol–water partition coefficient (Wildman–Crippen LogP) is 3.82. The molecule has 1 saturated heterocycles. The van der Waals surface area contributed by atoms with Gasteiger partial charge in [-0.25, -0.2) is 0 Å². The van der Waals surface area contributed by atoms with E-state index in [1.165, 1.54) is 38.5 Å². The van der Waals surface area contributed by atoms with Gasteiger partial charge in [-0.3, -0.25) is 9.69 Å². The first-order valence-electron chi connectivity index (χ1n) is 12.9. The molecule has 5 aliphatic rings. The summed E-state index contributed by atoms with van der Waals surface area (Å²) in [5.74, 6) is 4.90. The number of aliphatic hydroxyl groups is 1. The van der Waals surface area contributed by atoms with Gasteiger partial charge in [0.05, 0.1) is 12.1 Å². The van der Waals surface area contributed by atoms with Crippen molar-refractivity contribution < 1.29 is 9.90 Å². The molecule has 0 aromatic heterocycles. The second-order valence-corrected chi connectivity index (χ2v) is 12.4. The Morgan fingerprint density at radius 2 is 1.63 bits per heavy atom. The topological polar surface area (TPSA) is 43.8 Å². The molecule has 4 saturated carbocycles. The van der Waals surface area contributed by atoms with Crippen LogP contribution in [0.2, 0.25) is 0 Å². The minimum absolute atomic E-state index is 0.248. The maximum atomic E-state index is 13.4. The van der Waals surface area contributed by atoms with Gasteiger partial charge in [-0.05, 0) is 107 Å². The number of carbonyl (C=O) groups excluding carboxylic acids is 1. The molecule has 1 aliphatic heterocycles. The molecule has 0 radical (unpaired) electrons. The van der Waals surface area contributed by atoms with Crippen LogP contribution in [0.15, 0.2) is 0 Å². The van der Waals surface area contributed by atoms with E-state index in [4.69, 9.17) is 0 Å². The summed E-state index contributed by atoms with van der Waals surface area (Å²) in [6.45, 7) is 9.52. The van der Waals surface area contributed by atoms with Gasteiger partial charge in [0.25, 0.3) is 0 Å². The molecule has 5 rings (SSSR count). The van der Waals surface area contributed by atoms with Crippen LogP contribution >= 0.6 is 0 Å². The van der Waals surface area contributed by atoms with Crippen molar-refractivity contribution in [3.05, 3.63) is 0 Å². The Morgan fingerprint density at radius 1 is 0.900 bits per heavy atom. The highest BCUT2D eigenvalue weighted by Gasteiger charge is 2.58. The number of carbonyl (C=O) groups is 1. The van der Waals surface area contributed by atoms with E-state index in [1.54, 1.807) is 0 Å². The number of nitrogens with zero attached hydrogens (tertiary/aromatic N) is 2. The molecule has 0 amide bonds. The van der Waals surface area contributed by atoms with Crippen molar-refractivity contribution in [3.63, 3.8) is 0 Å². The molecule has 0 aromatic carbocycles. The zero-order chi connectivity index (χ0) is 21.1. The van der Waals surface area contributed by atoms with E-state index in [2.05, 4.69) is 30.7 Å². The Balaban J connectivity index is 1.26. The van der Waals surface area contributed by atoms with E-state index in [-0.39, 0.29) is 5.41 Å². The lowest BCUT2D eigenvalue weighted by Gasteiger charge is -2.57. The van der Waals surface area contributed by atoms with Crippen LogP contribution in [0.25, 0.3) is 0 Å². The van der Waals surface area contributed by atoms with Gasteiger partial charge in [0, 0.05) is 32.1 Å². The lowest BCUT2D eigenvalue weighted by Crippen LogP contribution is -2.52. The highest BCUT2D eigenvalue weighted by molar-refractivity contribution is 5.84. The Labute approximate surface area is 183 Å². The maximum Gasteiger partial charge on any atom is 0.150 e. The molecule has 0 spiro atoms. The van der Waals surface area contributed by atoms with Crippen molar-refractivity contribution in [2.45, 2.75) is 77.2 Å². The lowest BCUT2D eigenvalue weighted by molar-refractivity contribution is -0.133. The van der Waals surface area contributed by atoms with E-state index >= 15 is 0 Å². The first-order valence-corrected chi connectivity index (χ1v) is 12.9. The van der Waals surface area contributed by atoms with Crippen LogP contribution in [0.3, 0.4) is 0 Å². The first kappa shape index (κ1) is 21.4. The first-order chi connectivity index (χ1) is 14.3. The van der Waals surface area contributed by atoms with Crippen molar-refractivity contribution in [3.8, 4) is 0 Å². The third-order valence-electron chi connectivity index (χ3n) is 10.6. The molecule has 0 aromatic rings. The largest absolute Gasteiger partial charge is 0.390 e. The predicted molar refractivity (Wildman–Crippen MR) is 120 cm³/mol. The molecule has 4 nitrogen and oxygen atoms in total.